The van der Waals surface area contributed by atoms with Crippen molar-refractivity contribution in [2.24, 2.45) is 5.73 Å². The van der Waals surface area contributed by atoms with Gasteiger partial charge in [-0.15, -0.1) is 5.10 Å². The molecule has 3 aliphatic rings. The number of fused-ring (bicyclic) bond motifs is 2. The fourth-order valence-corrected chi connectivity index (χ4v) is 6.96. The number of halogens is 1. The number of aliphatic hydroxyl groups is 4. The van der Waals surface area contributed by atoms with Crippen molar-refractivity contribution in [3.05, 3.63) is 46.4 Å². The molecule has 0 atom stereocenters. The summed E-state index contributed by atoms with van der Waals surface area (Å²) < 4.78 is 23.2. The number of ether oxygens (including phenoxy) is 1. The van der Waals surface area contributed by atoms with Gasteiger partial charge in [0.05, 0.1) is 28.4 Å². The predicted molar refractivity (Wildman–Crippen MR) is 158 cm³/mol. The van der Waals surface area contributed by atoms with E-state index in [1.807, 2.05) is 6.07 Å². The number of rotatable bonds is 7. The van der Waals surface area contributed by atoms with E-state index in [4.69, 9.17) is 25.7 Å². The second kappa shape index (κ2) is 11.8. The van der Waals surface area contributed by atoms with Gasteiger partial charge in [0.25, 0.3) is 0 Å². The molecule has 1 aliphatic heterocycles. The second-order valence-corrected chi connectivity index (χ2v) is 11.9. The number of nitrogens with one attached hydrogen (secondary N) is 1. The highest BCUT2D eigenvalue weighted by Gasteiger charge is 2.54. The molecule has 0 unspecified atom stereocenters. The molecule has 5 heterocycles. The Hall–Kier alpha value is -3.96. The van der Waals surface area contributed by atoms with Crippen molar-refractivity contribution < 1.29 is 34.3 Å². The quantitative estimate of drug-likeness (QED) is 0.159. The molecule has 45 heavy (non-hydrogen) atoms. The minimum Gasteiger partial charge on any atom is -0.400 e. The van der Waals surface area contributed by atoms with E-state index in [0.717, 1.165) is 51.3 Å². The number of amides is 1. The van der Waals surface area contributed by atoms with Crippen LogP contribution < -0.4 is 16.7 Å². The van der Waals surface area contributed by atoms with Gasteiger partial charge in [0.1, 0.15) is 23.2 Å². The Morgan fingerprint density at radius 1 is 1.07 bits per heavy atom. The van der Waals surface area contributed by atoms with Crippen LogP contribution in [0.25, 0.3) is 16.6 Å². The van der Waals surface area contributed by atoms with Gasteiger partial charge < -0.3 is 36.2 Å². The summed E-state index contributed by atoms with van der Waals surface area (Å²) in [6.45, 7) is 1.18. The third kappa shape index (κ3) is 5.25. The lowest BCUT2D eigenvalue weighted by atomic mass is 9.66. The number of primary amides is 1. The summed E-state index contributed by atoms with van der Waals surface area (Å²) in [5.74, 6) is 0.366. The molecule has 4 aromatic rings. The van der Waals surface area contributed by atoms with Crippen molar-refractivity contribution in [1.82, 2.24) is 28.7 Å². The van der Waals surface area contributed by atoms with E-state index in [1.54, 1.807) is 16.6 Å². The summed E-state index contributed by atoms with van der Waals surface area (Å²) >= 11 is 0. The summed E-state index contributed by atoms with van der Waals surface area (Å²) in [6, 6.07) is 4.97. The zero-order valence-electron chi connectivity index (χ0n) is 24.8. The van der Waals surface area contributed by atoms with Gasteiger partial charge in [-0.3, -0.25) is 9.36 Å². The molecule has 0 radical (unpaired) electrons. The molecule has 1 saturated heterocycles. The molecule has 7 N–H and O–H groups in total. The first-order valence-electron chi connectivity index (χ1n) is 15.0. The van der Waals surface area contributed by atoms with E-state index in [2.05, 4.69) is 10.3 Å². The third-order valence-electron chi connectivity index (χ3n) is 9.18. The van der Waals surface area contributed by atoms with Gasteiger partial charge in [-0.2, -0.15) is 0 Å². The Bertz CT molecular complexity index is 1780. The maximum atomic E-state index is 14.2. The number of hydrogen-bond donors (Lipinski definition) is 6. The molecule has 16 heteroatoms. The predicted octanol–water partition coefficient (Wildman–Crippen LogP) is 1.00. The average Bonchev–Trinajstić information content (AvgIpc) is 3.72. The SMILES string of the molecule is CO.NC(=O)C1(c2nc(C3CCOCC3)c3ccc(Nc4cc5c(cn4)n(C(O)(O)O)c(=O)n5C4CCCC4)nn23)CC(F)C1. The molecule has 1 amide bonds. The van der Waals surface area contributed by atoms with E-state index in [0.29, 0.717) is 46.3 Å². The Balaban J connectivity index is 0.00000175. The highest BCUT2D eigenvalue weighted by atomic mass is 19.1. The van der Waals surface area contributed by atoms with Gasteiger partial charge in [-0.1, -0.05) is 12.8 Å². The normalized spacial score (nSPS) is 22.8. The number of nitrogens with two attached hydrogens (primary N) is 1. The second-order valence-electron chi connectivity index (χ2n) is 11.9. The molecule has 15 nitrogen and oxygen atoms in total. The smallest absolute Gasteiger partial charge is 0.377 e. The van der Waals surface area contributed by atoms with Crippen LogP contribution in [0, 0.1) is 0 Å². The Kier molecular flexibility index (Phi) is 8.11. The van der Waals surface area contributed by atoms with Crippen molar-refractivity contribution >= 4 is 34.1 Å². The van der Waals surface area contributed by atoms with Crippen LogP contribution in [0.5, 0.6) is 0 Å². The number of carbonyl (C=O) groups excluding carboxylic acids is 1. The Morgan fingerprint density at radius 2 is 1.76 bits per heavy atom. The highest BCUT2D eigenvalue weighted by Crippen LogP contribution is 2.46. The molecule has 7 rings (SSSR count). The van der Waals surface area contributed by atoms with Gasteiger partial charge in [0.2, 0.25) is 5.91 Å². The van der Waals surface area contributed by atoms with Crippen LogP contribution in [0.2, 0.25) is 0 Å². The van der Waals surface area contributed by atoms with Gasteiger partial charge in [-0.05, 0) is 37.8 Å². The maximum absolute atomic E-state index is 14.2. The van der Waals surface area contributed by atoms with Gasteiger partial charge in [0.15, 0.2) is 5.82 Å². The first-order chi connectivity index (χ1) is 21.6. The van der Waals surface area contributed by atoms with Gasteiger partial charge >= 0.3 is 11.8 Å². The summed E-state index contributed by atoms with van der Waals surface area (Å²) in [6.07, 6.45) is 1.39. The van der Waals surface area contributed by atoms with E-state index in [9.17, 15) is 29.3 Å². The Morgan fingerprint density at radius 3 is 2.38 bits per heavy atom. The van der Waals surface area contributed by atoms with Crippen LogP contribution >= 0.6 is 0 Å². The molecule has 242 valence electrons. The number of hydrogen-bond acceptors (Lipinski definition) is 11. The van der Waals surface area contributed by atoms with Crippen molar-refractivity contribution in [2.45, 2.75) is 81.0 Å². The van der Waals surface area contributed by atoms with Crippen LogP contribution in [-0.2, 0) is 21.0 Å². The fourth-order valence-electron chi connectivity index (χ4n) is 6.96. The largest absolute Gasteiger partial charge is 0.400 e. The number of aromatic nitrogens is 6. The number of pyridine rings is 1. The summed E-state index contributed by atoms with van der Waals surface area (Å²) in [7, 11) is 1.00. The first kappa shape index (κ1) is 31.0. The monoisotopic (exact) mass is 628 g/mol. The number of nitrogens with zero attached hydrogens (tertiary/aromatic N) is 6. The molecular weight excluding hydrogens is 591 g/mol. The first-order valence-corrected chi connectivity index (χ1v) is 15.0. The average molecular weight is 629 g/mol. The summed E-state index contributed by atoms with van der Waals surface area (Å²) in [5.41, 5.74) is 5.64. The van der Waals surface area contributed by atoms with E-state index < -0.39 is 29.3 Å². The van der Waals surface area contributed by atoms with E-state index in [1.165, 1.54) is 10.8 Å². The van der Waals surface area contributed by atoms with Crippen LogP contribution in [-0.4, -0.2) is 81.5 Å². The molecule has 2 aliphatic carbocycles. The van der Waals surface area contributed by atoms with Crippen molar-refractivity contribution in [2.75, 3.05) is 25.6 Å². The van der Waals surface area contributed by atoms with Crippen LogP contribution in [0.15, 0.2) is 29.2 Å². The van der Waals surface area contributed by atoms with E-state index >= 15 is 0 Å². The molecule has 0 bridgehead atoms. The Labute approximate surface area is 256 Å². The molecule has 2 saturated carbocycles. The lowest BCUT2D eigenvalue weighted by molar-refractivity contribution is -0.374. The van der Waals surface area contributed by atoms with Gasteiger partial charge in [0, 0.05) is 51.2 Å². The van der Waals surface area contributed by atoms with Crippen LogP contribution in [0.1, 0.15) is 74.8 Å². The minimum atomic E-state index is -3.40. The molecule has 0 aromatic carbocycles. The number of alkyl halides is 1. The zero-order valence-corrected chi connectivity index (χ0v) is 24.8. The van der Waals surface area contributed by atoms with Crippen LogP contribution in [0.3, 0.4) is 0 Å². The van der Waals surface area contributed by atoms with Crippen molar-refractivity contribution in [3.8, 4) is 0 Å². The zero-order chi connectivity index (χ0) is 32.1. The summed E-state index contributed by atoms with van der Waals surface area (Å²) in [4.78, 5) is 35.1. The lowest BCUT2D eigenvalue weighted by Gasteiger charge is -2.39. The number of anilines is 2. The van der Waals surface area contributed by atoms with Crippen molar-refractivity contribution in [1.29, 1.82) is 0 Å². The van der Waals surface area contributed by atoms with E-state index in [-0.39, 0.29) is 30.3 Å². The lowest BCUT2D eigenvalue weighted by Crippen LogP contribution is -2.53. The molecule has 4 aromatic heterocycles. The summed E-state index contributed by atoms with van der Waals surface area (Å²) in [5, 5.41) is 44.7. The number of aliphatic hydroxyl groups excluding tert-OH is 1. The third-order valence-corrected chi connectivity index (χ3v) is 9.18. The maximum Gasteiger partial charge on any atom is 0.377 e. The minimum absolute atomic E-state index is 0.0468. The van der Waals surface area contributed by atoms with Crippen LogP contribution in [0.4, 0.5) is 16.0 Å². The van der Waals surface area contributed by atoms with Gasteiger partial charge in [-0.25, -0.2) is 28.2 Å². The number of imidazole rings is 2. The van der Waals surface area contributed by atoms with Crippen molar-refractivity contribution in [3.63, 3.8) is 0 Å². The molecule has 0 spiro atoms. The molecule has 3 fully saturated rings. The highest BCUT2D eigenvalue weighted by molar-refractivity contribution is 5.87. The molecular formula is C29H37FN8O7. The number of carbonyl (C=O) groups is 1. The fraction of sp³-hybridized carbons (Fsp3) is 0.552. The standard InChI is InChI=1S/C28H33FN8O6.CH4O/c29-16-12-27(13-16,24(30)38)25-33-23(15-7-9-43-10-8-15)18-5-6-21(34-37(18)25)32-22-11-19-20(14-31-22)36(28(40,41)42)26(39)35(19)17-3-1-2-4-17;1-2/h5-6,11,14-17,40-42H,1-4,7-10,12-13H2,(H2,30,38)(H,31,32,34);2H,1H3. The topological polar surface area (TPSA) is 215 Å².